The molecule has 0 radical (unpaired) electrons. The molecule has 0 saturated heterocycles. The van der Waals surface area contributed by atoms with E-state index in [0.717, 1.165) is 58.2 Å². The summed E-state index contributed by atoms with van der Waals surface area (Å²) in [6.45, 7) is 11.0. The third kappa shape index (κ3) is 4.98. The summed E-state index contributed by atoms with van der Waals surface area (Å²) in [5.41, 5.74) is 4.90. The first-order valence-electron chi connectivity index (χ1n) is 12.8. The lowest BCUT2D eigenvalue weighted by atomic mass is 10.0. The van der Waals surface area contributed by atoms with Gasteiger partial charge in [-0.15, -0.1) is 10.2 Å². The van der Waals surface area contributed by atoms with Crippen LogP contribution < -0.4 is 10.4 Å². The molecule has 6 heteroatoms. The number of ether oxygens (including phenoxy) is 1. The molecule has 0 fully saturated rings. The van der Waals surface area contributed by atoms with Gasteiger partial charge in [0.15, 0.2) is 0 Å². The molecule has 0 atom stereocenters. The molecular weight excluding hydrogens is 462 g/mol. The summed E-state index contributed by atoms with van der Waals surface area (Å²) in [6.07, 6.45) is 0.666. The summed E-state index contributed by atoms with van der Waals surface area (Å²) in [7, 11) is 0. The minimum absolute atomic E-state index is 0.290. The number of aryl methyl sites for hydroxylation is 2. The van der Waals surface area contributed by atoms with Crippen molar-refractivity contribution in [1.29, 1.82) is 0 Å². The van der Waals surface area contributed by atoms with Gasteiger partial charge in [-0.3, -0.25) is 0 Å². The summed E-state index contributed by atoms with van der Waals surface area (Å²) in [6, 6.07) is 21.8. The second-order valence-electron chi connectivity index (χ2n) is 9.30. The Kier molecular flexibility index (Phi) is 7.01. The number of hydrogen-bond donors (Lipinski definition) is 0. The van der Waals surface area contributed by atoms with E-state index in [9.17, 15) is 4.79 Å². The number of rotatable bonds is 8. The maximum Gasteiger partial charge on any atom is 0.339 e. The van der Waals surface area contributed by atoms with Crippen molar-refractivity contribution in [3.8, 4) is 22.9 Å². The third-order valence-electron chi connectivity index (χ3n) is 7.02. The quantitative estimate of drug-likeness (QED) is 0.224. The lowest BCUT2D eigenvalue weighted by Crippen LogP contribution is -2.27. The Labute approximate surface area is 216 Å². The highest BCUT2D eigenvalue weighted by Crippen LogP contribution is 2.34. The van der Waals surface area contributed by atoms with Crippen molar-refractivity contribution in [2.75, 3.05) is 19.6 Å². The number of fused-ring (bicyclic) bond motifs is 2. The predicted molar refractivity (Wildman–Crippen MR) is 148 cm³/mol. The first kappa shape index (κ1) is 24.7. The van der Waals surface area contributed by atoms with Gasteiger partial charge in [-0.25, -0.2) is 4.79 Å². The number of hydrogen-bond acceptors (Lipinski definition) is 6. The molecule has 6 nitrogen and oxygen atoms in total. The Balaban J connectivity index is 1.48. The van der Waals surface area contributed by atoms with Gasteiger partial charge < -0.3 is 14.1 Å². The SMILES string of the molecule is CCN(CC)CCc1c(C)c2ccc(Oc3nnc(-c4ccc(C)cc4)c4ccccc34)cc2oc1=O. The van der Waals surface area contributed by atoms with Crippen molar-refractivity contribution in [3.05, 3.63) is 93.8 Å². The van der Waals surface area contributed by atoms with Crippen LogP contribution in [0.5, 0.6) is 11.6 Å². The molecule has 37 heavy (non-hydrogen) atoms. The van der Waals surface area contributed by atoms with E-state index in [1.807, 2.05) is 43.3 Å². The molecule has 0 aliphatic rings. The fourth-order valence-corrected chi connectivity index (χ4v) is 4.73. The molecule has 0 aliphatic heterocycles. The van der Waals surface area contributed by atoms with Crippen LogP contribution in [-0.2, 0) is 6.42 Å². The standard InChI is InChI=1S/C31H31N3O3/c1-5-34(6-2)18-17-25-21(4)24-16-15-23(19-28(24)37-31(25)35)36-30-27-10-8-7-9-26(27)29(32-33-30)22-13-11-20(3)12-14-22/h7-16,19H,5-6,17-18H2,1-4H3. The fraction of sp³-hybridized carbons (Fsp3) is 0.258. The highest BCUT2D eigenvalue weighted by Gasteiger charge is 2.16. The van der Waals surface area contributed by atoms with Crippen molar-refractivity contribution in [3.63, 3.8) is 0 Å². The highest BCUT2D eigenvalue weighted by molar-refractivity contribution is 5.97. The van der Waals surface area contributed by atoms with Crippen LogP contribution in [0, 0.1) is 13.8 Å². The molecule has 2 heterocycles. The first-order valence-corrected chi connectivity index (χ1v) is 12.8. The molecule has 0 aliphatic carbocycles. The van der Waals surface area contributed by atoms with Crippen LogP contribution in [0.3, 0.4) is 0 Å². The van der Waals surface area contributed by atoms with E-state index in [4.69, 9.17) is 9.15 Å². The molecule has 0 spiro atoms. The highest BCUT2D eigenvalue weighted by atomic mass is 16.5. The molecular formula is C31H31N3O3. The summed E-state index contributed by atoms with van der Waals surface area (Å²) in [5.74, 6) is 0.939. The smallest absolute Gasteiger partial charge is 0.339 e. The Hall–Kier alpha value is -4.03. The van der Waals surface area contributed by atoms with Crippen LogP contribution >= 0.6 is 0 Å². The van der Waals surface area contributed by atoms with Crippen LogP contribution in [0.15, 0.2) is 75.9 Å². The predicted octanol–water partition coefficient (Wildman–Crippen LogP) is 6.70. The van der Waals surface area contributed by atoms with Gasteiger partial charge >= 0.3 is 5.63 Å². The summed E-state index contributed by atoms with van der Waals surface area (Å²) >= 11 is 0. The van der Waals surface area contributed by atoms with Crippen molar-refractivity contribution in [2.24, 2.45) is 0 Å². The van der Waals surface area contributed by atoms with Crippen LogP contribution in [0.1, 0.15) is 30.5 Å². The Morgan fingerprint density at radius 2 is 1.59 bits per heavy atom. The van der Waals surface area contributed by atoms with E-state index in [1.54, 1.807) is 6.07 Å². The molecule has 2 aromatic heterocycles. The van der Waals surface area contributed by atoms with Gasteiger partial charge in [-0.2, -0.15) is 0 Å². The maximum absolute atomic E-state index is 12.8. The molecule has 0 amide bonds. The van der Waals surface area contributed by atoms with Gasteiger partial charge in [0.05, 0.1) is 0 Å². The molecule has 3 aromatic carbocycles. The minimum Gasteiger partial charge on any atom is -0.437 e. The number of nitrogens with zero attached hydrogens (tertiary/aromatic N) is 3. The van der Waals surface area contributed by atoms with Gasteiger partial charge in [0.25, 0.3) is 0 Å². The zero-order valence-corrected chi connectivity index (χ0v) is 21.7. The topological polar surface area (TPSA) is 68.5 Å². The minimum atomic E-state index is -0.290. The number of aromatic nitrogens is 2. The van der Waals surface area contributed by atoms with E-state index in [0.29, 0.717) is 23.6 Å². The lowest BCUT2D eigenvalue weighted by molar-refractivity contribution is 0.306. The number of likely N-dealkylation sites (N-methyl/N-ethyl adjacent to an activating group) is 1. The molecule has 0 N–H and O–H groups in total. The summed E-state index contributed by atoms with van der Waals surface area (Å²) in [5, 5.41) is 11.6. The van der Waals surface area contributed by atoms with Crippen LogP contribution in [0.4, 0.5) is 0 Å². The van der Waals surface area contributed by atoms with Gasteiger partial charge in [0.1, 0.15) is 17.0 Å². The van der Waals surface area contributed by atoms with Crippen molar-refractivity contribution < 1.29 is 9.15 Å². The Bertz CT molecular complexity index is 1620. The normalized spacial score (nSPS) is 11.5. The second kappa shape index (κ2) is 10.5. The fourth-order valence-electron chi connectivity index (χ4n) is 4.73. The summed E-state index contributed by atoms with van der Waals surface area (Å²) < 4.78 is 11.9. The number of benzene rings is 3. The van der Waals surface area contributed by atoms with Crippen molar-refractivity contribution in [2.45, 2.75) is 34.1 Å². The van der Waals surface area contributed by atoms with Crippen LogP contribution in [0.2, 0.25) is 0 Å². The monoisotopic (exact) mass is 493 g/mol. The lowest BCUT2D eigenvalue weighted by Gasteiger charge is -2.18. The second-order valence-corrected chi connectivity index (χ2v) is 9.30. The molecule has 0 unspecified atom stereocenters. The zero-order valence-electron chi connectivity index (χ0n) is 21.7. The van der Waals surface area contributed by atoms with E-state index >= 15 is 0 Å². The van der Waals surface area contributed by atoms with Crippen molar-refractivity contribution >= 4 is 21.7 Å². The molecule has 5 aromatic rings. The Morgan fingerprint density at radius 1 is 0.865 bits per heavy atom. The van der Waals surface area contributed by atoms with Gasteiger partial charge in [0, 0.05) is 39.9 Å². The third-order valence-corrected chi connectivity index (χ3v) is 7.02. The van der Waals surface area contributed by atoms with Crippen molar-refractivity contribution in [1.82, 2.24) is 15.1 Å². The van der Waals surface area contributed by atoms with Gasteiger partial charge in [-0.1, -0.05) is 61.9 Å². The van der Waals surface area contributed by atoms with Gasteiger partial charge in [-0.05, 0) is 57.1 Å². The Morgan fingerprint density at radius 3 is 2.32 bits per heavy atom. The zero-order chi connectivity index (χ0) is 25.9. The average molecular weight is 494 g/mol. The van der Waals surface area contributed by atoms with E-state index in [1.165, 1.54) is 5.56 Å². The molecule has 0 bridgehead atoms. The average Bonchev–Trinajstić information content (AvgIpc) is 2.91. The van der Waals surface area contributed by atoms with Gasteiger partial charge in [0.2, 0.25) is 5.88 Å². The van der Waals surface area contributed by atoms with E-state index < -0.39 is 0 Å². The molecule has 5 rings (SSSR count). The van der Waals surface area contributed by atoms with E-state index in [2.05, 4.69) is 60.1 Å². The molecule has 0 saturated carbocycles. The maximum atomic E-state index is 12.8. The molecule has 188 valence electrons. The summed E-state index contributed by atoms with van der Waals surface area (Å²) in [4.78, 5) is 15.1. The van der Waals surface area contributed by atoms with Crippen LogP contribution in [0.25, 0.3) is 33.0 Å². The largest absolute Gasteiger partial charge is 0.437 e. The first-order chi connectivity index (χ1) is 18.0. The van der Waals surface area contributed by atoms with E-state index in [-0.39, 0.29) is 5.63 Å². The van der Waals surface area contributed by atoms with Crippen LogP contribution in [-0.4, -0.2) is 34.7 Å².